The fourth-order valence-electron chi connectivity index (χ4n) is 5.69. The summed E-state index contributed by atoms with van der Waals surface area (Å²) in [5.41, 5.74) is 0.738. The molecular weight excluding hydrogens is 518 g/mol. The molecule has 1 aliphatic carbocycles. The Kier molecular flexibility index (Phi) is 7.96. The lowest BCUT2D eigenvalue weighted by Crippen LogP contribution is -2.52. The molecule has 13 heteroatoms. The second-order valence-electron chi connectivity index (χ2n) is 10.4. The lowest BCUT2D eigenvalue weighted by molar-refractivity contribution is -0.137. The van der Waals surface area contributed by atoms with Gasteiger partial charge in [0.25, 0.3) is 5.91 Å². The predicted molar refractivity (Wildman–Crippen MR) is 125 cm³/mol. The SMILES string of the molecule is O=C1CCC(N2Cc3c(NC4(CCCC(F)(F)F)CCC(NCC(F)(F)F)CC4)cccc3C2=O)C(=O)N1. The summed E-state index contributed by atoms with van der Waals surface area (Å²) in [6.45, 7) is -1.03. The van der Waals surface area contributed by atoms with Crippen molar-refractivity contribution in [2.24, 2.45) is 0 Å². The molecule has 210 valence electrons. The number of rotatable bonds is 8. The van der Waals surface area contributed by atoms with Crippen LogP contribution in [0.15, 0.2) is 18.2 Å². The zero-order valence-corrected chi connectivity index (χ0v) is 20.6. The van der Waals surface area contributed by atoms with Crippen molar-refractivity contribution in [2.75, 3.05) is 11.9 Å². The van der Waals surface area contributed by atoms with Gasteiger partial charge in [-0.25, -0.2) is 0 Å². The molecule has 1 aromatic carbocycles. The fourth-order valence-corrected chi connectivity index (χ4v) is 5.69. The number of amides is 3. The van der Waals surface area contributed by atoms with Crippen molar-refractivity contribution >= 4 is 23.4 Å². The van der Waals surface area contributed by atoms with Gasteiger partial charge in [-0.05, 0) is 57.1 Å². The van der Waals surface area contributed by atoms with E-state index in [1.165, 1.54) is 4.90 Å². The van der Waals surface area contributed by atoms with Gasteiger partial charge in [0.2, 0.25) is 11.8 Å². The number of halogens is 6. The normalized spacial score (nSPS) is 26.4. The molecule has 1 aromatic rings. The average molecular weight is 549 g/mol. The average Bonchev–Trinajstić information content (AvgIpc) is 3.15. The van der Waals surface area contributed by atoms with Gasteiger partial charge in [-0.3, -0.25) is 19.7 Å². The Morgan fingerprint density at radius 2 is 1.71 bits per heavy atom. The largest absolute Gasteiger partial charge is 0.401 e. The molecule has 3 amide bonds. The first kappa shape index (κ1) is 28.2. The van der Waals surface area contributed by atoms with E-state index in [0.29, 0.717) is 42.5 Å². The van der Waals surface area contributed by atoms with Crippen LogP contribution >= 0.6 is 0 Å². The Morgan fingerprint density at radius 3 is 2.34 bits per heavy atom. The third-order valence-corrected chi connectivity index (χ3v) is 7.63. The minimum absolute atomic E-state index is 0.0952. The number of nitrogens with one attached hydrogen (secondary N) is 3. The lowest BCUT2D eigenvalue weighted by atomic mass is 9.76. The first-order valence-electron chi connectivity index (χ1n) is 12.7. The molecule has 1 atom stereocenters. The zero-order chi connectivity index (χ0) is 27.7. The van der Waals surface area contributed by atoms with E-state index in [-0.39, 0.29) is 38.1 Å². The molecule has 2 aliphatic heterocycles. The van der Waals surface area contributed by atoms with Crippen LogP contribution in [0.3, 0.4) is 0 Å². The van der Waals surface area contributed by atoms with Gasteiger partial charge < -0.3 is 15.5 Å². The van der Waals surface area contributed by atoms with Crippen LogP contribution in [0, 0.1) is 0 Å². The molecule has 0 radical (unpaired) electrons. The standard InChI is InChI=1S/C25H30F6N4O3/c26-24(27,28)10-2-9-23(11-7-15(8-12-23)32-14-25(29,30)31)34-18-4-1-3-16-17(18)13-35(22(16)38)19-5-6-20(36)33-21(19)37/h1,3-4,15,19,32,34H,2,5-14H2,(H,33,36,37). The Bertz CT molecular complexity index is 1070. The van der Waals surface area contributed by atoms with E-state index in [9.17, 15) is 40.7 Å². The summed E-state index contributed by atoms with van der Waals surface area (Å²) in [4.78, 5) is 38.4. The van der Waals surface area contributed by atoms with Crippen LogP contribution in [0.5, 0.6) is 0 Å². The van der Waals surface area contributed by atoms with Crippen LogP contribution in [0.25, 0.3) is 0 Å². The highest BCUT2D eigenvalue weighted by atomic mass is 19.4. The molecule has 38 heavy (non-hydrogen) atoms. The number of piperidine rings is 1. The summed E-state index contributed by atoms with van der Waals surface area (Å²) < 4.78 is 76.6. The summed E-state index contributed by atoms with van der Waals surface area (Å²) >= 11 is 0. The summed E-state index contributed by atoms with van der Waals surface area (Å²) in [5, 5.41) is 8.12. The van der Waals surface area contributed by atoms with E-state index in [4.69, 9.17) is 0 Å². The van der Waals surface area contributed by atoms with Crippen LogP contribution in [0.2, 0.25) is 0 Å². The molecule has 0 spiro atoms. The van der Waals surface area contributed by atoms with E-state index in [2.05, 4.69) is 16.0 Å². The maximum absolute atomic E-state index is 13.1. The summed E-state index contributed by atoms with van der Waals surface area (Å²) in [6, 6.07) is 3.77. The topological polar surface area (TPSA) is 90.5 Å². The predicted octanol–water partition coefficient (Wildman–Crippen LogP) is 4.43. The van der Waals surface area contributed by atoms with Crippen molar-refractivity contribution < 1.29 is 40.7 Å². The Hall–Kier alpha value is -2.83. The second kappa shape index (κ2) is 10.7. The van der Waals surface area contributed by atoms with Crippen molar-refractivity contribution in [3.05, 3.63) is 29.3 Å². The van der Waals surface area contributed by atoms with Gasteiger partial charge in [0, 0.05) is 47.8 Å². The number of anilines is 1. The number of nitrogens with zero attached hydrogens (tertiary/aromatic N) is 1. The van der Waals surface area contributed by atoms with Crippen LogP contribution in [0.1, 0.15) is 73.7 Å². The zero-order valence-electron chi connectivity index (χ0n) is 20.6. The van der Waals surface area contributed by atoms with Crippen LogP contribution in [0.4, 0.5) is 32.0 Å². The lowest BCUT2D eigenvalue weighted by Gasteiger charge is -2.42. The molecule has 1 saturated carbocycles. The molecule has 1 saturated heterocycles. The van der Waals surface area contributed by atoms with Gasteiger partial charge in [0.1, 0.15) is 6.04 Å². The molecule has 0 aromatic heterocycles. The van der Waals surface area contributed by atoms with E-state index in [0.717, 1.165) is 0 Å². The number of benzene rings is 1. The Labute approximate surface area is 215 Å². The minimum atomic E-state index is -4.36. The number of imide groups is 1. The highest BCUT2D eigenvalue weighted by Crippen LogP contribution is 2.40. The van der Waals surface area contributed by atoms with Crippen molar-refractivity contribution in [2.45, 2.75) is 94.3 Å². The van der Waals surface area contributed by atoms with Gasteiger partial charge in [-0.1, -0.05) is 6.07 Å². The summed E-state index contributed by atoms with van der Waals surface area (Å²) in [5.74, 6) is -1.33. The van der Waals surface area contributed by atoms with Crippen LogP contribution in [-0.2, 0) is 16.1 Å². The van der Waals surface area contributed by atoms with E-state index >= 15 is 0 Å². The van der Waals surface area contributed by atoms with Gasteiger partial charge >= 0.3 is 12.4 Å². The summed E-state index contributed by atoms with van der Waals surface area (Å²) in [6.07, 6.45) is -7.92. The molecule has 3 N–H and O–H groups in total. The molecule has 2 heterocycles. The maximum Gasteiger partial charge on any atom is 0.401 e. The molecule has 4 rings (SSSR count). The van der Waals surface area contributed by atoms with Gasteiger partial charge in [-0.2, -0.15) is 26.3 Å². The first-order chi connectivity index (χ1) is 17.8. The van der Waals surface area contributed by atoms with E-state index < -0.39 is 54.8 Å². The molecule has 2 fully saturated rings. The van der Waals surface area contributed by atoms with Crippen LogP contribution < -0.4 is 16.0 Å². The Morgan fingerprint density at radius 1 is 1.00 bits per heavy atom. The van der Waals surface area contributed by atoms with Gasteiger partial charge in [0.05, 0.1) is 6.54 Å². The molecule has 1 unspecified atom stereocenters. The quantitative estimate of drug-likeness (QED) is 0.331. The fraction of sp³-hybridized carbons (Fsp3) is 0.640. The van der Waals surface area contributed by atoms with Crippen molar-refractivity contribution in [1.82, 2.24) is 15.5 Å². The maximum atomic E-state index is 13.1. The minimum Gasteiger partial charge on any atom is -0.379 e. The highest BCUT2D eigenvalue weighted by molar-refractivity contribution is 6.06. The van der Waals surface area contributed by atoms with E-state index in [1.54, 1.807) is 18.2 Å². The highest BCUT2D eigenvalue weighted by Gasteiger charge is 2.42. The van der Waals surface area contributed by atoms with Gasteiger partial charge in [0.15, 0.2) is 0 Å². The van der Waals surface area contributed by atoms with Crippen molar-refractivity contribution in [3.8, 4) is 0 Å². The third kappa shape index (κ3) is 6.78. The molecular formula is C25H30F6N4O3. The Balaban J connectivity index is 1.51. The molecule has 3 aliphatic rings. The number of carbonyl (C=O) groups is 3. The summed E-state index contributed by atoms with van der Waals surface area (Å²) in [7, 11) is 0. The number of hydrogen-bond donors (Lipinski definition) is 3. The van der Waals surface area contributed by atoms with Crippen molar-refractivity contribution in [3.63, 3.8) is 0 Å². The van der Waals surface area contributed by atoms with Crippen molar-refractivity contribution in [1.29, 1.82) is 0 Å². The van der Waals surface area contributed by atoms with Gasteiger partial charge in [-0.15, -0.1) is 0 Å². The number of carbonyl (C=O) groups excluding carboxylic acids is 3. The third-order valence-electron chi connectivity index (χ3n) is 7.63. The molecule has 0 bridgehead atoms. The second-order valence-corrected chi connectivity index (χ2v) is 10.4. The van der Waals surface area contributed by atoms with Crippen LogP contribution in [-0.4, -0.2) is 59.1 Å². The molecule has 7 nitrogen and oxygen atoms in total. The number of fused-ring (bicyclic) bond motifs is 1. The number of hydrogen-bond acceptors (Lipinski definition) is 5. The number of alkyl halides is 6. The monoisotopic (exact) mass is 548 g/mol. The first-order valence-corrected chi connectivity index (χ1v) is 12.7. The smallest absolute Gasteiger partial charge is 0.379 e. The van der Waals surface area contributed by atoms with E-state index in [1.807, 2.05) is 0 Å².